The molecule has 0 N–H and O–H groups in total. The number of nitrogens with zero attached hydrogens (tertiary/aromatic N) is 1. The van der Waals surface area contributed by atoms with E-state index in [0.29, 0.717) is 19.0 Å². The molecule has 3 unspecified atom stereocenters. The maximum atomic E-state index is 12.4. The number of carbonyl (C=O) groups excluding carboxylic acids is 1. The van der Waals surface area contributed by atoms with Gasteiger partial charge in [-0.25, -0.2) is 0 Å². The van der Waals surface area contributed by atoms with Crippen LogP contribution in [0.1, 0.15) is 32.6 Å². The molecule has 0 spiro atoms. The standard InChI is InChI=1S/C14H24ClNO3/c1-11(8-15)14(17)16(9-12-4-2-6-18-12)10-13-5-3-7-19-13/h11-13H,2-10H2,1H3. The first-order valence-corrected chi connectivity index (χ1v) is 7.82. The molecule has 2 aliphatic heterocycles. The number of hydrogen-bond donors (Lipinski definition) is 0. The first-order valence-electron chi connectivity index (χ1n) is 7.28. The van der Waals surface area contributed by atoms with Crippen LogP contribution in [0, 0.1) is 5.92 Å². The maximum Gasteiger partial charge on any atom is 0.226 e. The van der Waals surface area contributed by atoms with Crippen molar-refractivity contribution in [2.24, 2.45) is 5.92 Å². The lowest BCUT2D eigenvalue weighted by molar-refractivity contribution is -0.137. The largest absolute Gasteiger partial charge is 0.376 e. The van der Waals surface area contributed by atoms with Crippen molar-refractivity contribution in [2.45, 2.75) is 44.8 Å². The average Bonchev–Trinajstić information content (AvgIpc) is 3.09. The summed E-state index contributed by atoms with van der Waals surface area (Å²) in [6.45, 7) is 4.88. The van der Waals surface area contributed by atoms with Crippen LogP contribution in [0.15, 0.2) is 0 Å². The Morgan fingerprint density at radius 2 is 1.74 bits per heavy atom. The molecule has 2 saturated heterocycles. The summed E-state index contributed by atoms with van der Waals surface area (Å²) in [5.74, 6) is 0.359. The minimum atomic E-state index is -0.135. The molecule has 3 atom stereocenters. The number of halogens is 1. The molecule has 1 amide bonds. The minimum absolute atomic E-state index is 0.126. The van der Waals surface area contributed by atoms with Gasteiger partial charge in [0.2, 0.25) is 5.91 Å². The molecule has 0 aromatic heterocycles. The molecule has 2 rings (SSSR count). The molecule has 0 saturated carbocycles. The van der Waals surface area contributed by atoms with Gasteiger partial charge in [0.15, 0.2) is 0 Å². The van der Waals surface area contributed by atoms with Gasteiger partial charge in [0, 0.05) is 38.1 Å². The molecule has 2 heterocycles. The van der Waals surface area contributed by atoms with Crippen molar-refractivity contribution in [3.05, 3.63) is 0 Å². The Labute approximate surface area is 120 Å². The van der Waals surface area contributed by atoms with Crippen molar-refractivity contribution in [3.63, 3.8) is 0 Å². The molecule has 0 aromatic carbocycles. The Kier molecular flexibility index (Phi) is 5.92. The number of hydrogen-bond acceptors (Lipinski definition) is 3. The zero-order valence-corrected chi connectivity index (χ0v) is 12.4. The number of carbonyl (C=O) groups is 1. The van der Waals surface area contributed by atoms with Crippen LogP contribution in [0.4, 0.5) is 0 Å². The molecule has 19 heavy (non-hydrogen) atoms. The monoisotopic (exact) mass is 289 g/mol. The molecule has 110 valence electrons. The molecule has 0 bridgehead atoms. The molecule has 2 aliphatic rings. The minimum Gasteiger partial charge on any atom is -0.376 e. The summed E-state index contributed by atoms with van der Waals surface area (Å²) in [6.07, 6.45) is 4.66. The van der Waals surface area contributed by atoms with E-state index < -0.39 is 0 Å². The normalized spacial score (nSPS) is 28.5. The highest BCUT2D eigenvalue weighted by Gasteiger charge is 2.28. The lowest BCUT2D eigenvalue weighted by Gasteiger charge is -2.29. The number of ether oxygens (including phenoxy) is 2. The van der Waals surface area contributed by atoms with Gasteiger partial charge in [0.25, 0.3) is 0 Å². The van der Waals surface area contributed by atoms with Gasteiger partial charge < -0.3 is 14.4 Å². The summed E-state index contributed by atoms with van der Waals surface area (Å²) in [4.78, 5) is 14.3. The van der Waals surface area contributed by atoms with Gasteiger partial charge in [0.05, 0.1) is 12.2 Å². The number of rotatable bonds is 6. The van der Waals surface area contributed by atoms with Crippen molar-refractivity contribution >= 4 is 17.5 Å². The van der Waals surface area contributed by atoms with Crippen molar-refractivity contribution in [3.8, 4) is 0 Å². The van der Waals surface area contributed by atoms with Crippen LogP contribution in [0.3, 0.4) is 0 Å². The zero-order chi connectivity index (χ0) is 13.7. The van der Waals surface area contributed by atoms with E-state index in [4.69, 9.17) is 21.1 Å². The van der Waals surface area contributed by atoms with Crippen LogP contribution in [0.25, 0.3) is 0 Å². The van der Waals surface area contributed by atoms with Crippen molar-refractivity contribution in [1.29, 1.82) is 0 Å². The fraction of sp³-hybridized carbons (Fsp3) is 0.929. The third-order valence-corrected chi connectivity index (χ3v) is 4.32. The molecule has 5 heteroatoms. The van der Waals surface area contributed by atoms with Crippen molar-refractivity contribution < 1.29 is 14.3 Å². The Bertz CT molecular complexity index is 270. The first kappa shape index (κ1) is 15.1. The lowest BCUT2D eigenvalue weighted by Crippen LogP contribution is -2.44. The van der Waals surface area contributed by atoms with Gasteiger partial charge in [-0.2, -0.15) is 0 Å². The third kappa shape index (κ3) is 4.33. The predicted octanol–water partition coefficient (Wildman–Crippen LogP) is 2.05. The molecule has 4 nitrogen and oxygen atoms in total. The van der Waals surface area contributed by atoms with Crippen LogP contribution in [0.2, 0.25) is 0 Å². The van der Waals surface area contributed by atoms with Crippen molar-refractivity contribution in [2.75, 3.05) is 32.2 Å². The van der Waals surface area contributed by atoms with E-state index in [1.165, 1.54) is 0 Å². The van der Waals surface area contributed by atoms with Crippen LogP contribution < -0.4 is 0 Å². The van der Waals surface area contributed by atoms with Gasteiger partial charge in [-0.15, -0.1) is 11.6 Å². The summed E-state index contributed by atoms with van der Waals surface area (Å²) in [7, 11) is 0. The van der Waals surface area contributed by atoms with Crippen LogP contribution in [0.5, 0.6) is 0 Å². The summed E-state index contributed by atoms with van der Waals surface area (Å²) in [5, 5.41) is 0. The second-order valence-corrected chi connectivity index (χ2v) is 5.88. The summed E-state index contributed by atoms with van der Waals surface area (Å²) >= 11 is 5.81. The Balaban J connectivity index is 1.92. The number of amides is 1. The lowest BCUT2D eigenvalue weighted by atomic mass is 10.1. The first-order chi connectivity index (χ1) is 9.20. The van der Waals surface area contributed by atoms with Gasteiger partial charge >= 0.3 is 0 Å². The molecule has 0 aromatic rings. The SMILES string of the molecule is CC(CCl)C(=O)N(CC1CCCO1)CC1CCCO1. The summed E-state index contributed by atoms with van der Waals surface area (Å²) < 4.78 is 11.3. The van der Waals surface area contributed by atoms with Crippen LogP contribution in [-0.2, 0) is 14.3 Å². The molecule has 2 fully saturated rings. The zero-order valence-electron chi connectivity index (χ0n) is 11.6. The van der Waals surface area contributed by atoms with Crippen LogP contribution >= 0.6 is 11.6 Å². The number of alkyl halides is 1. The Morgan fingerprint density at radius 3 is 2.11 bits per heavy atom. The van der Waals surface area contributed by atoms with Crippen molar-refractivity contribution in [1.82, 2.24) is 4.90 Å². The van der Waals surface area contributed by atoms with E-state index in [0.717, 1.165) is 38.9 Å². The highest BCUT2D eigenvalue weighted by atomic mass is 35.5. The molecule has 0 aliphatic carbocycles. The van der Waals surface area contributed by atoms with Gasteiger partial charge in [-0.1, -0.05) is 6.92 Å². The van der Waals surface area contributed by atoms with Gasteiger partial charge in [-0.3, -0.25) is 4.79 Å². The predicted molar refractivity (Wildman–Crippen MR) is 74.4 cm³/mol. The van der Waals surface area contributed by atoms with E-state index in [1.807, 2.05) is 11.8 Å². The smallest absolute Gasteiger partial charge is 0.226 e. The molecular formula is C14H24ClNO3. The second-order valence-electron chi connectivity index (χ2n) is 5.57. The van der Waals surface area contributed by atoms with Crippen LogP contribution in [-0.4, -0.2) is 55.2 Å². The molecule has 0 radical (unpaired) electrons. The highest BCUT2D eigenvalue weighted by Crippen LogP contribution is 2.19. The van der Waals surface area contributed by atoms with Gasteiger partial charge in [-0.05, 0) is 25.7 Å². The van der Waals surface area contributed by atoms with E-state index in [1.54, 1.807) is 0 Å². The van der Waals surface area contributed by atoms with E-state index >= 15 is 0 Å². The quantitative estimate of drug-likeness (QED) is 0.703. The average molecular weight is 290 g/mol. The second kappa shape index (κ2) is 7.46. The summed E-state index contributed by atoms with van der Waals surface area (Å²) in [5.41, 5.74) is 0. The topological polar surface area (TPSA) is 38.8 Å². The fourth-order valence-electron chi connectivity index (χ4n) is 2.70. The summed E-state index contributed by atoms with van der Waals surface area (Å²) in [6, 6.07) is 0. The Hall–Kier alpha value is -0.320. The third-order valence-electron chi connectivity index (χ3n) is 3.86. The Morgan fingerprint density at radius 1 is 1.21 bits per heavy atom. The fourth-order valence-corrected chi connectivity index (χ4v) is 2.83. The van der Waals surface area contributed by atoms with E-state index in [2.05, 4.69) is 0 Å². The van der Waals surface area contributed by atoms with Gasteiger partial charge in [0.1, 0.15) is 0 Å². The highest BCUT2D eigenvalue weighted by molar-refractivity contribution is 6.19. The van der Waals surface area contributed by atoms with E-state index in [9.17, 15) is 4.79 Å². The van der Waals surface area contributed by atoms with E-state index in [-0.39, 0.29) is 24.0 Å². The molecular weight excluding hydrogens is 266 g/mol. The maximum absolute atomic E-state index is 12.4.